The van der Waals surface area contributed by atoms with Gasteiger partial charge in [-0.25, -0.2) is 0 Å². The second-order valence-electron chi connectivity index (χ2n) is 3.18. The lowest BCUT2D eigenvalue weighted by Gasteiger charge is -2.13. The Morgan fingerprint density at radius 3 is 3.08 bits per heavy atom. The molecule has 4 heteroatoms. The van der Waals surface area contributed by atoms with Crippen LogP contribution in [0.4, 0.5) is 0 Å². The summed E-state index contributed by atoms with van der Waals surface area (Å²) in [5.74, 6) is 0.133. The molecule has 0 spiro atoms. The van der Waals surface area contributed by atoms with Crippen molar-refractivity contribution < 1.29 is 4.79 Å². The first-order chi connectivity index (χ1) is 5.68. The molecule has 0 saturated carbocycles. The van der Waals surface area contributed by atoms with E-state index in [0.717, 1.165) is 19.3 Å². The molecule has 1 heterocycles. The largest absolute Gasteiger partial charge is 0.393 e. The van der Waals surface area contributed by atoms with Crippen molar-refractivity contribution in [3.63, 3.8) is 0 Å². The first-order valence-electron chi connectivity index (χ1n) is 4.26. The Labute approximate surface area is 77.7 Å². The van der Waals surface area contributed by atoms with E-state index in [-0.39, 0.29) is 11.9 Å². The minimum Gasteiger partial charge on any atom is -0.393 e. The van der Waals surface area contributed by atoms with Crippen LogP contribution in [0.3, 0.4) is 0 Å². The van der Waals surface area contributed by atoms with E-state index in [1.165, 1.54) is 0 Å². The van der Waals surface area contributed by atoms with Gasteiger partial charge in [0.05, 0.1) is 4.99 Å². The van der Waals surface area contributed by atoms with E-state index in [1.807, 2.05) is 0 Å². The minimum atomic E-state index is 0.133. The van der Waals surface area contributed by atoms with Crippen molar-refractivity contribution in [3.8, 4) is 0 Å². The van der Waals surface area contributed by atoms with Gasteiger partial charge in [-0.15, -0.1) is 0 Å². The molecule has 1 aliphatic heterocycles. The van der Waals surface area contributed by atoms with Gasteiger partial charge in [0.15, 0.2) is 0 Å². The van der Waals surface area contributed by atoms with Crippen molar-refractivity contribution in [2.24, 2.45) is 5.73 Å². The van der Waals surface area contributed by atoms with Crippen molar-refractivity contribution in [1.29, 1.82) is 0 Å². The van der Waals surface area contributed by atoms with Gasteiger partial charge in [-0.3, -0.25) is 4.79 Å². The Kier molecular flexibility index (Phi) is 3.47. The van der Waals surface area contributed by atoms with Gasteiger partial charge in [0.1, 0.15) is 0 Å². The van der Waals surface area contributed by atoms with Crippen molar-refractivity contribution in [2.45, 2.75) is 38.1 Å². The Morgan fingerprint density at radius 2 is 2.42 bits per heavy atom. The molecule has 1 fully saturated rings. The van der Waals surface area contributed by atoms with Crippen LogP contribution in [0, 0.1) is 0 Å². The molecule has 1 saturated heterocycles. The van der Waals surface area contributed by atoms with Crippen molar-refractivity contribution in [1.82, 2.24) is 5.32 Å². The lowest BCUT2D eigenvalue weighted by atomic mass is 10.1. The van der Waals surface area contributed by atoms with Crippen LogP contribution >= 0.6 is 12.2 Å². The average molecular weight is 186 g/mol. The molecule has 0 aromatic carbocycles. The summed E-state index contributed by atoms with van der Waals surface area (Å²) in [5, 5.41) is 2.90. The average Bonchev–Trinajstić information content (AvgIpc) is 2.12. The highest BCUT2D eigenvalue weighted by atomic mass is 32.1. The highest BCUT2D eigenvalue weighted by Crippen LogP contribution is 2.11. The first kappa shape index (κ1) is 9.45. The van der Waals surface area contributed by atoms with Crippen molar-refractivity contribution in [3.05, 3.63) is 0 Å². The first-order valence-corrected chi connectivity index (χ1v) is 4.67. The summed E-state index contributed by atoms with van der Waals surface area (Å²) in [6.07, 6.45) is 4.36. The smallest absolute Gasteiger partial charge is 0.220 e. The Morgan fingerprint density at radius 1 is 1.67 bits per heavy atom. The summed E-state index contributed by atoms with van der Waals surface area (Å²) in [5.41, 5.74) is 5.40. The molecule has 0 unspecified atom stereocenters. The van der Waals surface area contributed by atoms with Gasteiger partial charge < -0.3 is 11.1 Å². The summed E-state index contributed by atoms with van der Waals surface area (Å²) in [6, 6.07) is 0.178. The summed E-state index contributed by atoms with van der Waals surface area (Å²) >= 11 is 4.79. The van der Waals surface area contributed by atoms with Crippen molar-refractivity contribution >= 4 is 23.1 Å². The number of carbonyl (C=O) groups excluding carboxylic acids is 1. The van der Waals surface area contributed by atoms with E-state index in [9.17, 15) is 4.79 Å². The van der Waals surface area contributed by atoms with E-state index in [2.05, 4.69) is 5.32 Å². The molecule has 68 valence electrons. The molecule has 0 bridgehead atoms. The number of nitrogens with two attached hydrogens (primary N) is 1. The van der Waals surface area contributed by atoms with Crippen LogP contribution in [0.2, 0.25) is 0 Å². The fourth-order valence-corrected chi connectivity index (χ4v) is 1.65. The maximum absolute atomic E-state index is 11.1. The van der Waals surface area contributed by atoms with Crippen LogP contribution in [-0.4, -0.2) is 16.9 Å². The topological polar surface area (TPSA) is 55.1 Å². The van der Waals surface area contributed by atoms with Crippen LogP contribution in [0.15, 0.2) is 0 Å². The number of thiocarbonyl (C=S) groups is 1. The number of nitrogens with one attached hydrogen (secondary N) is 1. The molecule has 0 radical (unpaired) electrons. The van der Waals surface area contributed by atoms with Gasteiger partial charge in [0, 0.05) is 18.9 Å². The zero-order valence-electron chi connectivity index (χ0n) is 7.01. The molecule has 1 aliphatic rings. The van der Waals surface area contributed by atoms with E-state index in [0.29, 0.717) is 17.8 Å². The molecule has 3 nitrogen and oxygen atoms in total. The molecule has 1 rings (SSSR count). The lowest BCUT2D eigenvalue weighted by Crippen LogP contribution is -2.35. The highest BCUT2D eigenvalue weighted by Gasteiger charge is 2.16. The van der Waals surface area contributed by atoms with Crippen molar-refractivity contribution in [2.75, 3.05) is 0 Å². The molecule has 0 aliphatic carbocycles. The maximum Gasteiger partial charge on any atom is 0.220 e. The maximum atomic E-state index is 11.1. The molecule has 12 heavy (non-hydrogen) atoms. The minimum absolute atomic E-state index is 0.133. The van der Waals surface area contributed by atoms with Crippen LogP contribution in [0.1, 0.15) is 32.1 Å². The SMILES string of the molecule is NC(=S)C[C@H]1CCCCC(=O)N1. The third kappa shape index (κ3) is 3.17. The van der Waals surface area contributed by atoms with Crippen LogP contribution in [0.5, 0.6) is 0 Å². The van der Waals surface area contributed by atoms with Crippen LogP contribution < -0.4 is 11.1 Å². The Balaban J connectivity index is 2.41. The molecule has 1 amide bonds. The Hall–Kier alpha value is -0.640. The molecule has 1 atom stereocenters. The number of hydrogen-bond donors (Lipinski definition) is 2. The van der Waals surface area contributed by atoms with Gasteiger partial charge in [0.25, 0.3) is 0 Å². The number of amides is 1. The third-order valence-electron chi connectivity index (χ3n) is 2.02. The lowest BCUT2D eigenvalue weighted by molar-refractivity contribution is -0.121. The van der Waals surface area contributed by atoms with Gasteiger partial charge in [-0.2, -0.15) is 0 Å². The zero-order valence-corrected chi connectivity index (χ0v) is 7.82. The number of hydrogen-bond acceptors (Lipinski definition) is 2. The van der Waals surface area contributed by atoms with E-state index >= 15 is 0 Å². The zero-order chi connectivity index (χ0) is 8.97. The summed E-state index contributed by atoms with van der Waals surface area (Å²) in [4.78, 5) is 11.6. The second-order valence-corrected chi connectivity index (χ2v) is 3.71. The van der Waals surface area contributed by atoms with E-state index in [4.69, 9.17) is 18.0 Å². The standard InChI is InChI=1S/C8H14N2OS/c9-7(12)5-6-3-1-2-4-8(11)10-6/h6H,1-5H2,(H2,9,12)(H,10,11)/t6-/m1/s1. The Bertz CT molecular complexity index is 193. The third-order valence-corrected chi connectivity index (χ3v) is 2.19. The summed E-state index contributed by atoms with van der Waals surface area (Å²) in [7, 11) is 0. The summed E-state index contributed by atoms with van der Waals surface area (Å²) < 4.78 is 0. The number of carbonyl (C=O) groups is 1. The van der Waals surface area contributed by atoms with E-state index in [1.54, 1.807) is 0 Å². The summed E-state index contributed by atoms with van der Waals surface area (Å²) in [6.45, 7) is 0. The molecular formula is C8H14N2OS. The van der Waals surface area contributed by atoms with Gasteiger partial charge in [0.2, 0.25) is 5.91 Å². The monoisotopic (exact) mass is 186 g/mol. The van der Waals surface area contributed by atoms with Gasteiger partial charge in [-0.1, -0.05) is 18.6 Å². The normalized spacial score (nSPS) is 24.3. The second kappa shape index (κ2) is 4.40. The number of rotatable bonds is 2. The van der Waals surface area contributed by atoms with Crippen LogP contribution in [0.25, 0.3) is 0 Å². The molecular weight excluding hydrogens is 172 g/mol. The van der Waals surface area contributed by atoms with E-state index < -0.39 is 0 Å². The fraction of sp³-hybridized carbons (Fsp3) is 0.750. The highest BCUT2D eigenvalue weighted by molar-refractivity contribution is 7.80. The van der Waals surface area contributed by atoms with Crippen LogP contribution in [-0.2, 0) is 4.79 Å². The molecule has 0 aromatic rings. The van der Waals surface area contributed by atoms with Gasteiger partial charge in [-0.05, 0) is 12.8 Å². The predicted molar refractivity (Wildman–Crippen MR) is 51.8 cm³/mol. The molecule has 3 N–H and O–H groups in total. The van der Waals surface area contributed by atoms with Gasteiger partial charge >= 0.3 is 0 Å². The quantitative estimate of drug-likeness (QED) is 0.625. The fourth-order valence-electron chi connectivity index (χ4n) is 1.44. The molecule has 0 aromatic heterocycles. The predicted octanol–water partition coefficient (Wildman–Crippen LogP) is 0.721.